The van der Waals surface area contributed by atoms with Gasteiger partial charge < -0.3 is 10.2 Å². The Morgan fingerprint density at radius 3 is 2.35 bits per heavy atom. The molecule has 1 atom stereocenters. The van der Waals surface area contributed by atoms with Crippen LogP contribution < -0.4 is 5.32 Å². The van der Waals surface area contributed by atoms with Crippen molar-refractivity contribution in [1.82, 2.24) is 10.2 Å². The number of nitrogens with one attached hydrogen (secondary N) is 1. The van der Waals surface area contributed by atoms with E-state index in [0.717, 1.165) is 12.8 Å². The predicted octanol–water partition coefficient (Wildman–Crippen LogP) is 2.56. The summed E-state index contributed by atoms with van der Waals surface area (Å²) in [6, 6.07) is -0.219. The van der Waals surface area contributed by atoms with Gasteiger partial charge in [0, 0.05) is 19.1 Å². The van der Waals surface area contributed by atoms with Crippen LogP contribution >= 0.6 is 0 Å². The number of hydrogen-bond acceptors (Lipinski definition) is 2. The highest BCUT2D eigenvalue weighted by Crippen LogP contribution is 2.37. The lowest BCUT2D eigenvalue weighted by Gasteiger charge is -2.32. The van der Waals surface area contributed by atoms with Crippen molar-refractivity contribution in [3.05, 3.63) is 0 Å². The number of piperidine rings is 1. The first-order valence-corrected chi connectivity index (χ1v) is 6.67. The van der Waals surface area contributed by atoms with Crippen molar-refractivity contribution >= 4 is 5.91 Å². The average Bonchev–Trinajstić information content (AvgIpc) is 2.37. The molecule has 118 valence electrons. The molecule has 0 aromatic heterocycles. The van der Waals surface area contributed by atoms with Gasteiger partial charge in [0.05, 0.1) is 0 Å². The average molecular weight is 302 g/mol. The van der Waals surface area contributed by atoms with Crippen molar-refractivity contribution in [2.75, 3.05) is 19.6 Å². The van der Waals surface area contributed by atoms with Gasteiger partial charge in [0.15, 0.2) is 0 Å². The van der Waals surface area contributed by atoms with Gasteiger partial charge in [-0.05, 0) is 25.8 Å². The highest BCUT2D eigenvalue weighted by Gasteiger charge is 2.64. The van der Waals surface area contributed by atoms with Gasteiger partial charge in [-0.3, -0.25) is 4.79 Å². The molecule has 1 saturated heterocycles. The number of amides is 1. The monoisotopic (exact) mass is 302 g/mol. The van der Waals surface area contributed by atoms with E-state index in [4.69, 9.17) is 0 Å². The molecule has 0 bridgehead atoms. The maximum absolute atomic E-state index is 13.1. The van der Waals surface area contributed by atoms with Gasteiger partial charge >= 0.3 is 18.0 Å². The van der Waals surface area contributed by atoms with Crippen LogP contribution in [0.1, 0.15) is 32.6 Å². The molecule has 0 aliphatic carbocycles. The van der Waals surface area contributed by atoms with Crippen LogP contribution in [0.15, 0.2) is 0 Å². The Labute approximate surface area is 114 Å². The van der Waals surface area contributed by atoms with Crippen molar-refractivity contribution in [1.29, 1.82) is 0 Å². The second kappa shape index (κ2) is 6.69. The van der Waals surface area contributed by atoms with Gasteiger partial charge in [-0.15, -0.1) is 0 Å². The minimum absolute atomic E-state index is 0.108. The van der Waals surface area contributed by atoms with Gasteiger partial charge in [-0.2, -0.15) is 22.0 Å². The zero-order chi connectivity index (χ0) is 15.4. The first-order chi connectivity index (χ1) is 9.20. The van der Waals surface area contributed by atoms with Gasteiger partial charge in [0.2, 0.25) is 0 Å². The number of alkyl halides is 5. The number of nitrogens with zero attached hydrogens (tertiary/aromatic N) is 1. The molecule has 1 heterocycles. The lowest BCUT2D eigenvalue weighted by molar-refractivity contribution is -0.274. The summed E-state index contributed by atoms with van der Waals surface area (Å²) in [6.45, 7) is 2.09. The Balaban J connectivity index is 2.76. The van der Waals surface area contributed by atoms with Crippen LogP contribution in [0.2, 0.25) is 0 Å². The summed E-state index contributed by atoms with van der Waals surface area (Å²) in [7, 11) is 0. The molecule has 3 nitrogen and oxygen atoms in total. The third-order valence-corrected chi connectivity index (χ3v) is 3.26. The zero-order valence-corrected chi connectivity index (χ0v) is 11.3. The van der Waals surface area contributed by atoms with Crippen molar-refractivity contribution in [2.45, 2.75) is 50.7 Å². The van der Waals surface area contributed by atoms with E-state index in [9.17, 15) is 26.7 Å². The smallest absolute Gasteiger partial charge is 0.336 e. The molecular weight excluding hydrogens is 283 g/mol. The number of carbonyl (C=O) groups is 1. The molecule has 0 aromatic carbocycles. The molecule has 0 spiro atoms. The molecule has 1 rings (SSSR count). The van der Waals surface area contributed by atoms with Crippen LogP contribution in [0.25, 0.3) is 0 Å². The third-order valence-electron chi connectivity index (χ3n) is 3.26. The molecule has 1 fully saturated rings. The molecule has 0 saturated carbocycles. The number of hydrogen-bond donors (Lipinski definition) is 1. The number of carbonyl (C=O) groups excluding carboxylic acids is 1. The highest BCUT2D eigenvalue weighted by atomic mass is 19.4. The first-order valence-electron chi connectivity index (χ1n) is 6.67. The predicted molar refractivity (Wildman–Crippen MR) is 63.5 cm³/mol. The summed E-state index contributed by atoms with van der Waals surface area (Å²) < 4.78 is 63.0. The maximum Gasteiger partial charge on any atom is 0.463 e. The summed E-state index contributed by atoms with van der Waals surface area (Å²) in [5, 5.41) is 3.03. The molecule has 20 heavy (non-hydrogen) atoms. The summed E-state index contributed by atoms with van der Waals surface area (Å²) in [5.41, 5.74) is 0. The lowest BCUT2D eigenvalue weighted by atomic mass is 10.0. The SMILES string of the molecule is CCCN(CC1CCCCN1)C(=O)C(F)(F)C(F)(F)F. The summed E-state index contributed by atoms with van der Waals surface area (Å²) in [4.78, 5) is 12.1. The second-order valence-electron chi connectivity index (χ2n) is 4.97. The molecular formula is C12H19F5N2O. The Hall–Kier alpha value is -0.920. The van der Waals surface area contributed by atoms with Crippen LogP contribution in [0.4, 0.5) is 22.0 Å². The first kappa shape index (κ1) is 17.1. The van der Waals surface area contributed by atoms with Crippen LogP contribution in [-0.4, -0.2) is 48.6 Å². The number of halogens is 5. The fraction of sp³-hybridized carbons (Fsp3) is 0.917. The van der Waals surface area contributed by atoms with Gasteiger partial charge in [0.25, 0.3) is 0 Å². The maximum atomic E-state index is 13.1. The summed E-state index contributed by atoms with van der Waals surface area (Å²) in [5.74, 6) is -7.48. The van der Waals surface area contributed by atoms with E-state index in [0.29, 0.717) is 24.3 Å². The molecule has 1 N–H and O–H groups in total. The fourth-order valence-electron chi connectivity index (χ4n) is 2.21. The minimum atomic E-state index is -5.85. The van der Waals surface area contributed by atoms with E-state index in [-0.39, 0.29) is 19.1 Å². The summed E-state index contributed by atoms with van der Waals surface area (Å²) >= 11 is 0. The van der Waals surface area contributed by atoms with E-state index in [1.807, 2.05) is 0 Å². The second-order valence-corrected chi connectivity index (χ2v) is 4.97. The van der Waals surface area contributed by atoms with Gasteiger partial charge in [-0.1, -0.05) is 13.3 Å². The Morgan fingerprint density at radius 1 is 1.25 bits per heavy atom. The van der Waals surface area contributed by atoms with E-state index in [2.05, 4.69) is 5.32 Å². The Bertz CT molecular complexity index is 326. The van der Waals surface area contributed by atoms with Gasteiger partial charge in [-0.25, -0.2) is 0 Å². The normalized spacial score (nSPS) is 20.8. The topological polar surface area (TPSA) is 32.3 Å². The van der Waals surface area contributed by atoms with Crippen molar-refractivity contribution < 1.29 is 26.7 Å². The van der Waals surface area contributed by atoms with Crippen molar-refractivity contribution in [3.63, 3.8) is 0 Å². The molecule has 0 aromatic rings. The van der Waals surface area contributed by atoms with E-state index in [1.165, 1.54) is 0 Å². The van der Waals surface area contributed by atoms with Crippen LogP contribution in [0.3, 0.4) is 0 Å². The van der Waals surface area contributed by atoms with Crippen molar-refractivity contribution in [3.8, 4) is 0 Å². The van der Waals surface area contributed by atoms with E-state index >= 15 is 0 Å². The molecule has 8 heteroatoms. The van der Waals surface area contributed by atoms with E-state index in [1.54, 1.807) is 6.92 Å². The highest BCUT2D eigenvalue weighted by molar-refractivity contribution is 5.84. The zero-order valence-electron chi connectivity index (χ0n) is 11.3. The third kappa shape index (κ3) is 4.04. The Morgan fingerprint density at radius 2 is 1.90 bits per heavy atom. The molecule has 0 radical (unpaired) electrons. The molecule has 1 unspecified atom stereocenters. The van der Waals surface area contributed by atoms with Crippen LogP contribution in [0, 0.1) is 0 Å². The fourth-order valence-corrected chi connectivity index (χ4v) is 2.21. The summed E-state index contributed by atoms with van der Waals surface area (Å²) in [6.07, 6.45) is -3.04. The van der Waals surface area contributed by atoms with Crippen molar-refractivity contribution in [2.24, 2.45) is 0 Å². The largest absolute Gasteiger partial charge is 0.463 e. The quantitative estimate of drug-likeness (QED) is 0.792. The van der Waals surface area contributed by atoms with Crippen LogP contribution in [0.5, 0.6) is 0 Å². The van der Waals surface area contributed by atoms with Gasteiger partial charge in [0.1, 0.15) is 0 Å². The number of rotatable bonds is 5. The molecule has 1 aliphatic rings. The molecule has 1 aliphatic heterocycles. The van der Waals surface area contributed by atoms with E-state index < -0.39 is 18.0 Å². The Kier molecular flexibility index (Phi) is 5.73. The minimum Gasteiger partial charge on any atom is -0.336 e. The lowest BCUT2D eigenvalue weighted by Crippen LogP contribution is -2.55. The van der Waals surface area contributed by atoms with Crippen LogP contribution in [-0.2, 0) is 4.79 Å². The standard InChI is InChI=1S/C12H19F5N2O/c1-2-7-19(8-9-5-3-4-6-18-9)10(20)11(13,14)12(15,16)17/h9,18H,2-8H2,1H3. The molecule has 1 amide bonds.